The topological polar surface area (TPSA) is 49.3 Å². The molecular weight excluding hydrogens is 270 g/mol. The molecule has 20 heavy (non-hydrogen) atoms. The van der Waals surface area contributed by atoms with Crippen LogP contribution in [0.1, 0.15) is 31.1 Å². The molecule has 1 aromatic carbocycles. The molecule has 1 atom stereocenters. The van der Waals surface area contributed by atoms with Crippen molar-refractivity contribution in [3.05, 3.63) is 41.5 Å². The molecule has 1 aromatic rings. The fraction of sp³-hybridized carbons (Fsp3) is 0.438. The van der Waals surface area contributed by atoms with Gasteiger partial charge in [0.05, 0.1) is 5.56 Å². The summed E-state index contributed by atoms with van der Waals surface area (Å²) >= 11 is 1.66. The summed E-state index contributed by atoms with van der Waals surface area (Å²) in [5.74, 6) is 0.856. The van der Waals surface area contributed by atoms with E-state index in [2.05, 4.69) is 25.2 Å². The number of aliphatic hydroxyl groups excluding tert-OH is 1. The molecule has 0 saturated carbocycles. The summed E-state index contributed by atoms with van der Waals surface area (Å²) in [6.45, 7) is 6.60. The largest absolute Gasteiger partial charge is 0.396 e. The molecule has 0 aliphatic rings. The molecule has 0 bridgehead atoms. The third kappa shape index (κ3) is 5.80. The fourth-order valence-corrected chi connectivity index (χ4v) is 2.59. The van der Waals surface area contributed by atoms with E-state index in [1.807, 2.05) is 31.2 Å². The zero-order chi connectivity index (χ0) is 15.0. The highest BCUT2D eigenvalue weighted by atomic mass is 32.2. The molecule has 0 heterocycles. The van der Waals surface area contributed by atoms with Crippen molar-refractivity contribution in [1.29, 1.82) is 0 Å². The number of carbonyl (C=O) groups is 1. The Morgan fingerprint density at radius 3 is 2.75 bits per heavy atom. The van der Waals surface area contributed by atoms with Crippen molar-refractivity contribution < 1.29 is 9.90 Å². The highest BCUT2D eigenvalue weighted by molar-refractivity contribution is 7.99. The lowest BCUT2D eigenvalue weighted by Gasteiger charge is -2.12. The van der Waals surface area contributed by atoms with E-state index in [-0.39, 0.29) is 18.4 Å². The molecule has 0 aliphatic carbocycles. The van der Waals surface area contributed by atoms with Gasteiger partial charge in [0, 0.05) is 23.8 Å². The summed E-state index contributed by atoms with van der Waals surface area (Å²) in [5.41, 5.74) is 1.97. The highest BCUT2D eigenvalue weighted by Crippen LogP contribution is 2.23. The lowest BCUT2D eigenvalue weighted by Crippen LogP contribution is -2.29. The zero-order valence-corrected chi connectivity index (χ0v) is 13.2. The maximum absolute atomic E-state index is 12.2. The Bertz CT molecular complexity index is 467. The predicted molar refractivity (Wildman–Crippen MR) is 85.2 cm³/mol. The average molecular weight is 293 g/mol. The van der Waals surface area contributed by atoms with Gasteiger partial charge in [0.15, 0.2) is 0 Å². The number of hydrogen-bond donors (Lipinski definition) is 2. The highest BCUT2D eigenvalue weighted by Gasteiger charge is 2.11. The van der Waals surface area contributed by atoms with Crippen molar-refractivity contribution in [2.24, 2.45) is 5.92 Å². The second-order valence-corrected chi connectivity index (χ2v) is 6.15. The number of amides is 1. The summed E-state index contributed by atoms with van der Waals surface area (Å²) in [7, 11) is 0. The minimum absolute atomic E-state index is 0.0736. The van der Waals surface area contributed by atoms with Crippen molar-refractivity contribution in [1.82, 2.24) is 5.32 Å². The molecule has 0 radical (unpaired) electrons. The third-order valence-corrected chi connectivity index (χ3v) is 3.79. The van der Waals surface area contributed by atoms with Gasteiger partial charge in [0.25, 0.3) is 5.91 Å². The van der Waals surface area contributed by atoms with Crippen LogP contribution in [0.5, 0.6) is 0 Å². The molecule has 0 aliphatic heterocycles. The van der Waals surface area contributed by atoms with Crippen LogP contribution < -0.4 is 5.32 Å². The van der Waals surface area contributed by atoms with Crippen LogP contribution >= 0.6 is 11.8 Å². The average Bonchev–Trinajstić information content (AvgIpc) is 2.44. The van der Waals surface area contributed by atoms with Crippen LogP contribution in [0.4, 0.5) is 0 Å². The maximum Gasteiger partial charge on any atom is 0.252 e. The quantitative estimate of drug-likeness (QED) is 0.600. The number of thioether (sulfide) groups is 1. The van der Waals surface area contributed by atoms with Gasteiger partial charge < -0.3 is 10.4 Å². The first-order valence-electron chi connectivity index (χ1n) is 6.78. The Hall–Kier alpha value is -1.26. The molecule has 0 spiro atoms. The van der Waals surface area contributed by atoms with E-state index >= 15 is 0 Å². The Labute approximate surface area is 125 Å². The number of benzene rings is 1. The van der Waals surface area contributed by atoms with Crippen molar-refractivity contribution in [2.75, 3.05) is 18.9 Å². The third-order valence-electron chi connectivity index (χ3n) is 2.78. The number of nitrogens with one attached hydrogen (secondary N) is 1. The predicted octanol–water partition coefficient (Wildman–Crippen LogP) is 3.10. The summed E-state index contributed by atoms with van der Waals surface area (Å²) < 4.78 is 0. The van der Waals surface area contributed by atoms with E-state index in [1.54, 1.807) is 11.8 Å². The van der Waals surface area contributed by atoms with Crippen molar-refractivity contribution >= 4 is 17.7 Å². The van der Waals surface area contributed by atoms with E-state index in [9.17, 15) is 4.79 Å². The van der Waals surface area contributed by atoms with E-state index in [4.69, 9.17) is 5.11 Å². The first-order valence-corrected chi connectivity index (χ1v) is 7.77. The first-order chi connectivity index (χ1) is 9.54. The SMILES string of the molecule is CC(C)=CCSc1ccccc1C(=O)NCC(C)CO. The van der Waals surface area contributed by atoms with Crippen molar-refractivity contribution in [3.63, 3.8) is 0 Å². The van der Waals surface area contributed by atoms with Gasteiger partial charge in [-0.25, -0.2) is 0 Å². The Morgan fingerprint density at radius 2 is 2.10 bits per heavy atom. The van der Waals surface area contributed by atoms with E-state index in [0.29, 0.717) is 12.1 Å². The molecule has 3 nitrogen and oxygen atoms in total. The lowest BCUT2D eigenvalue weighted by atomic mass is 10.1. The number of rotatable bonds is 7. The fourth-order valence-electron chi connectivity index (χ4n) is 1.50. The van der Waals surface area contributed by atoms with Crippen LogP contribution in [0.2, 0.25) is 0 Å². The second-order valence-electron chi connectivity index (χ2n) is 5.09. The Morgan fingerprint density at radius 1 is 1.40 bits per heavy atom. The normalized spacial score (nSPS) is 11.8. The molecule has 4 heteroatoms. The monoisotopic (exact) mass is 293 g/mol. The summed E-state index contributed by atoms with van der Waals surface area (Å²) in [4.78, 5) is 13.1. The molecule has 110 valence electrons. The second kappa shape index (κ2) is 8.82. The Balaban J connectivity index is 2.69. The number of hydrogen-bond acceptors (Lipinski definition) is 3. The molecular formula is C16H23NO2S. The van der Waals surface area contributed by atoms with Crippen LogP contribution in [-0.4, -0.2) is 29.9 Å². The molecule has 0 saturated heterocycles. The molecule has 1 unspecified atom stereocenters. The number of allylic oxidation sites excluding steroid dienone is 1. The van der Waals surface area contributed by atoms with Gasteiger partial charge in [-0.2, -0.15) is 0 Å². The van der Waals surface area contributed by atoms with Crippen molar-refractivity contribution in [2.45, 2.75) is 25.7 Å². The smallest absolute Gasteiger partial charge is 0.252 e. The van der Waals surface area contributed by atoms with E-state index in [1.165, 1.54) is 5.57 Å². The Kier molecular flexibility index (Phi) is 7.41. The van der Waals surface area contributed by atoms with Crippen LogP contribution in [-0.2, 0) is 0 Å². The van der Waals surface area contributed by atoms with Gasteiger partial charge in [0.2, 0.25) is 0 Å². The number of carbonyl (C=O) groups excluding carboxylic acids is 1. The molecule has 2 N–H and O–H groups in total. The minimum atomic E-state index is -0.0781. The van der Waals surface area contributed by atoms with Gasteiger partial charge in [-0.05, 0) is 31.9 Å². The minimum Gasteiger partial charge on any atom is -0.396 e. The van der Waals surface area contributed by atoms with Crippen LogP contribution in [0.15, 0.2) is 40.8 Å². The van der Waals surface area contributed by atoms with Gasteiger partial charge in [-0.15, -0.1) is 11.8 Å². The number of aliphatic hydroxyl groups is 1. The standard InChI is InChI=1S/C16H23NO2S/c1-12(2)8-9-20-15-7-5-4-6-14(15)16(19)17-10-13(3)11-18/h4-8,13,18H,9-11H2,1-3H3,(H,17,19). The lowest BCUT2D eigenvalue weighted by molar-refractivity contribution is 0.0939. The molecule has 1 amide bonds. The van der Waals surface area contributed by atoms with Gasteiger partial charge in [-0.3, -0.25) is 4.79 Å². The zero-order valence-electron chi connectivity index (χ0n) is 12.3. The molecule has 0 fully saturated rings. The van der Waals surface area contributed by atoms with Gasteiger partial charge in [0.1, 0.15) is 0 Å². The van der Waals surface area contributed by atoms with Gasteiger partial charge in [-0.1, -0.05) is 30.7 Å². The van der Waals surface area contributed by atoms with Crippen molar-refractivity contribution in [3.8, 4) is 0 Å². The van der Waals surface area contributed by atoms with Crippen LogP contribution in [0.3, 0.4) is 0 Å². The molecule has 0 aromatic heterocycles. The van der Waals surface area contributed by atoms with Gasteiger partial charge >= 0.3 is 0 Å². The summed E-state index contributed by atoms with van der Waals surface area (Å²) in [6, 6.07) is 7.62. The molecule has 1 rings (SSSR count). The van der Waals surface area contributed by atoms with E-state index < -0.39 is 0 Å². The van der Waals surface area contributed by atoms with E-state index in [0.717, 1.165) is 10.6 Å². The summed E-state index contributed by atoms with van der Waals surface area (Å²) in [6.07, 6.45) is 2.15. The summed E-state index contributed by atoms with van der Waals surface area (Å²) in [5, 5.41) is 11.8. The van der Waals surface area contributed by atoms with Crippen LogP contribution in [0.25, 0.3) is 0 Å². The van der Waals surface area contributed by atoms with Crippen LogP contribution in [0, 0.1) is 5.92 Å². The maximum atomic E-state index is 12.2. The first kappa shape index (κ1) is 16.8.